The second kappa shape index (κ2) is 9.14. The predicted octanol–water partition coefficient (Wildman–Crippen LogP) is 4.32. The van der Waals surface area contributed by atoms with Gasteiger partial charge in [0.25, 0.3) is 5.91 Å². The van der Waals surface area contributed by atoms with E-state index in [0.29, 0.717) is 44.9 Å². The summed E-state index contributed by atoms with van der Waals surface area (Å²) in [5.74, 6) is 0.793. The summed E-state index contributed by atoms with van der Waals surface area (Å²) >= 11 is 0. The maximum absolute atomic E-state index is 13.3. The van der Waals surface area contributed by atoms with Crippen LogP contribution in [-0.4, -0.2) is 41.0 Å². The second-order valence-electron chi connectivity index (χ2n) is 7.60. The summed E-state index contributed by atoms with van der Waals surface area (Å²) in [4.78, 5) is 22.7. The first-order valence-electron chi connectivity index (χ1n) is 10.8. The number of nitrogens with two attached hydrogens (primary N) is 1. The van der Waals surface area contributed by atoms with Crippen LogP contribution in [0.2, 0.25) is 0 Å². The second-order valence-corrected chi connectivity index (χ2v) is 7.60. The zero-order chi connectivity index (χ0) is 24.4. The Morgan fingerprint density at radius 2 is 1.66 bits per heavy atom. The highest BCUT2D eigenvalue weighted by Gasteiger charge is 2.24. The van der Waals surface area contributed by atoms with Crippen LogP contribution in [0.5, 0.6) is 11.5 Å². The zero-order valence-electron chi connectivity index (χ0n) is 19.1. The topological polar surface area (TPSA) is 117 Å². The van der Waals surface area contributed by atoms with E-state index in [1.54, 1.807) is 38.6 Å². The van der Waals surface area contributed by atoms with Gasteiger partial charge in [-0.25, -0.2) is 9.97 Å². The zero-order valence-corrected chi connectivity index (χ0v) is 19.1. The fourth-order valence-electron chi connectivity index (χ4n) is 3.84. The maximum Gasteiger partial charge on any atom is 0.261 e. The lowest BCUT2D eigenvalue weighted by atomic mass is 10.2. The molecule has 9 heteroatoms. The summed E-state index contributed by atoms with van der Waals surface area (Å²) in [6.45, 7) is 0. The molecule has 0 unspecified atom stereocenters. The number of methoxy groups -OCH3 is 2. The average Bonchev–Trinajstić information content (AvgIpc) is 3.16. The van der Waals surface area contributed by atoms with Crippen molar-refractivity contribution in [3.05, 3.63) is 83.9 Å². The molecule has 9 nitrogen and oxygen atoms in total. The molecular weight excluding hydrogens is 444 g/mol. The van der Waals surface area contributed by atoms with E-state index in [1.807, 2.05) is 54.6 Å². The van der Waals surface area contributed by atoms with Crippen molar-refractivity contribution in [3.63, 3.8) is 0 Å². The number of carbonyl (C=O) groups excluding carboxylic acids is 1. The van der Waals surface area contributed by atoms with Crippen molar-refractivity contribution in [1.29, 1.82) is 0 Å². The SMILES string of the molecule is COc1cccc(/C=N/n2c(N)c(C(=O)Nc3ccccc3)c3nc4ccccc4nc32)c1OC. The van der Waals surface area contributed by atoms with E-state index in [9.17, 15) is 4.79 Å². The Balaban J connectivity index is 1.68. The number of para-hydroxylation sites is 4. The molecule has 0 fully saturated rings. The Morgan fingerprint density at radius 1 is 0.943 bits per heavy atom. The van der Waals surface area contributed by atoms with E-state index >= 15 is 0 Å². The number of hydrogen-bond acceptors (Lipinski definition) is 7. The standard InChI is InChI=1S/C26H22N6O3/c1-34-20-14-8-9-16(23(20)35-2)15-28-32-24(27)21(26(33)29-17-10-4-3-5-11-17)22-25(32)31-19-13-7-6-12-18(19)30-22/h3-15H,27H2,1-2H3,(H,29,33)/b28-15+. The number of nitrogens with one attached hydrogen (secondary N) is 1. The number of carbonyl (C=O) groups is 1. The predicted molar refractivity (Wildman–Crippen MR) is 136 cm³/mol. The Hall–Kier alpha value is -4.92. The van der Waals surface area contributed by atoms with Crippen molar-refractivity contribution in [3.8, 4) is 11.5 Å². The number of anilines is 2. The van der Waals surface area contributed by atoms with Crippen LogP contribution in [0.25, 0.3) is 22.2 Å². The van der Waals surface area contributed by atoms with E-state index in [2.05, 4.69) is 10.4 Å². The molecule has 3 N–H and O–H groups in total. The third kappa shape index (κ3) is 3.99. The van der Waals surface area contributed by atoms with Gasteiger partial charge in [-0.2, -0.15) is 9.78 Å². The molecule has 0 radical (unpaired) electrons. The van der Waals surface area contributed by atoms with Gasteiger partial charge in [0.15, 0.2) is 17.1 Å². The average molecular weight is 467 g/mol. The Bertz CT molecular complexity index is 1580. The molecule has 0 spiro atoms. The van der Waals surface area contributed by atoms with E-state index < -0.39 is 5.91 Å². The minimum absolute atomic E-state index is 0.113. The molecule has 0 saturated carbocycles. The van der Waals surface area contributed by atoms with Gasteiger partial charge in [-0.05, 0) is 36.4 Å². The summed E-state index contributed by atoms with van der Waals surface area (Å²) in [6.07, 6.45) is 1.58. The van der Waals surface area contributed by atoms with Crippen LogP contribution in [0.3, 0.4) is 0 Å². The minimum Gasteiger partial charge on any atom is -0.493 e. The van der Waals surface area contributed by atoms with Gasteiger partial charge in [0.1, 0.15) is 16.9 Å². The molecule has 0 aliphatic carbocycles. The van der Waals surface area contributed by atoms with Crippen LogP contribution in [0.1, 0.15) is 15.9 Å². The lowest BCUT2D eigenvalue weighted by molar-refractivity contribution is 0.102. The number of rotatable bonds is 6. The van der Waals surface area contributed by atoms with Crippen molar-refractivity contribution in [2.75, 3.05) is 25.3 Å². The first-order chi connectivity index (χ1) is 17.1. The highest BCUT2D eigenvalue weighted by atomic mass is 16.5. The smallest absolute Gasteiger partial charge is 0.261 e. The number of amides is 1. The van der Waals surface area contributed by atoms with E-state index in [4.69, 9.17) is 25.2 Å². The lowest BCUT2D eigenvalue weighted by Gasteiger charge is -2.09. The normalized spacial score (nSPS) is 11.3. The van der Waals surface area contributed by atoms with Crippen LogP contribution in [-0.2, 0) is 0 Å². The number of nitrogens with zero attached hydrogens (tertiary/aromatic N) is 4. The van der Waals surface area contributed by atoms with Gasteiger partial charge < -0.3 is 20.5 Å². The summed E-state index contributed by atoms with van der Waals surface area (Å²) in [6, 6.07) is 22.0. The molecule has 2 aromatic heterocycles. The van der Waals surface area contributed by atoms with Crippen molar-refractivity contribution in [1.82, 2.24) is 14.6 Å². The van der Waals surface area contributed by atoms with Crippen molar-refractivity contribution >= 4 is 45.8 Å². The van der Waals surface area contributed by atoms with Crippen molar-refractivity contribution in [2.45, 2.75) is 0 Å². The largest absolute Gasteiger partial charge is 0.493 e. The van der Waals surface area contributed by atoms with Crippen LogP contribution in [0.4, 0.5) is 11.5 Å². The van der Waals surface area contributed by atoms with Crippen LogP contribution >= 0.6 is 0 Å². The van der Waals surface area contributed by atoms with Gasteiger partial charge in [-0.3, -0.25) is 4.79 Å². The third-order valence-electron chi connectivity index (χ3n) is 5.48. The molecule has 0 saturated heterocycles. The van der Waals surface area contributed by atoms with Gasteiger partial charge in [0, 0.05) is 11.3 Å². The number of ether oxygens (including phenoxy) is 2. The highest BCUT2D eigenvalue weighted by molar-refractivity contribution is 6.16. The lowest BCUT2D eigenvalue weighted by Crippen LogP contribution is -2.14. The van der Waals surface area contributed by atoms with Crippen LogP contribution in [0.15, 0.2) is 77.9 Å². The molecule has 2 heterocycles. The number of fused-ring (bicyclic) bond motifs is 2. The van der Waals surface area contributed by atoms with Gasteiger partial charge >= 0.3 is 0 Å². The van der Waals surface area contributed by atoms with Crippen LogP contribution in [0, 0.1) is 0 Å². The Labute approximate surface area is 200 Å². The number of hydrogen-bond donors (Lipinski definition) is 2. The number of aromatic nitrogens is 3. The van der Waals surface area contributed by atoms with Crippen molar-refractivity contribution < 1.29 is 14.3 Å². The summed E-state index contributed by atoms with van der Waals surface area (Å²) < 4.78 is 12.3. The van der Waals surface area contributed by atoms with Crippen LogP contribution < -0.4 is 20.5 Å². The van der Waals surface area contributed by atoms with Crippen molar-refractivity contribution in [2.24, 2.45) is 5.10 Å². The van der Waals surface area contributed by atoms with E-state index in [0.717, 1.165) is 0 Å². The van der Waals surface area contributed by atoms with Gasteiger partial charge in [0.2, 0.25) is 0 Å². The van der Waals surface area contributed by atoms with Gasteiger partial charge in [0.05, 0.1) is 31.5 Å². The molecule has 35 heavy (non-hydrogen) atoms. The molecule has 1 amide bonds. The van der Waals surface area contributed by atoms with E-state index in [1.165, 1.54) is 4.68 Å². The number of nitrogen functional groups attached to an aromatic ring is 1. The third-order valence-corrected chi connectivity index (χ3v) is 5.48. The molecule has 3 aromatic carbocycles. The summed E-state index contributed by atoms with van der Waals surface area (Å²) in [5, 5.41) is 7.42. The summed E-state index contributed by atoms with van der Waals surface area (Å²) in [7, 11) is 3.12. The molecule has 0 bridgehead atoms. The maximum atomic E-state index is 13.3. The number of benzene rings is 3. The molecular formula is C26H22N6O3. The first kappa shape index (κ1) is 21.9. The molecule has 0 aliphatic heterocycles. The molecule has 174 valence electrons. The fraction of sp³-hybridized carbons (Fsp3) is 0.0769. The van der Waals surface area contributed by atoms with Gasteiger partial charge in [-0.15, -0.1) is 0 Å². The highest BCUT2D eigenvalue weighted by Crippen LogP contribution is 2.31. The minimum atomic E-state index is -0.406. The monoisotopic (exact) mass is 466 g/mol. The molecule has 0 atom stereocenters. The summed E-state index contributed by atoms with van der Waals surface area (Å²) in [5.41, 5.74) is 9.98. The quantitative estimate of drug-likeness (QED) is 0.360. The van der Waals surface area contributed by atoms with Gasteiger partial charge in [-0.1, -0.05) is 36.4 Å². The first-order valence-corrected chi connectivity index (χ1v) is 10.8. The Kier molecular flexibility index (Phi) is 5.72. The van der Waals surface area contributed by atoms with E-state index in [-0.39, 0.29) is 11.4 Å². The molecule has 5 aromatic rings. The fourth-order valence-corrected chi connectivity index (χ4v) is 3.84. The Morgan fingerprint density at radius 3 is 2.37 bits per heavy atom. The molecule has 0 aliphatic rings. The molecule has 5 rings (SSSR count).